The molecular weight excluding hydrogens is 260 g/mol. The van der Waals surface area contributed by atoms with E-state index in [-0.39, 0.29) is 6.04 Å². The highest BCUT2D eigenvalue weighted by Gasteiger charge is 2.27. The Balaban J connectivity index is 1.97. The molecule has 3 N–H and O–H groups in total. The number of benzene rings is 2. The Kier molecular flexibility index (Phi) is 4.13. The third-order valence-electron chi connectivity index (χ3n) is 4.82. The average molecular weight is 284 g/mol. The van der Waals surface area contributed by atoms with Crippen LogP contribution in [0.5, 0.6) is 5.75 Å². The Morgan fingerprint density at radius 3 is 2.86 bits per heavy atom. The van der Waals surface area contributed by atoms with Crippen molar-refractivity contribution in [3.05, 3.63) is 42.0 Å². The van der Waals surface area contributed by atoms with Gasteiger partial charge in [0.15, 0.2) is 0 Å². The van der Waals surface area contributed by atoms with Crippen LogP contribution in [-0.2, 0) is 0 Å². The van der Waals surface area contributed by atoms with Crippen LogP contribution in [0.4, 0.5) is 0 Å². The fraction of sp³-hybridized carbons (Fsp3) is 0.444. The van der Waals surface area contributed by atoms with Crippen molar-refractivity contribution in [2.45, 2.75) is 38.3 Å². The molecule has 3 heteroatoms. The van der Waals surface area contributed by atoms with Gasteiger partial charge in [-0.05, 0) is 31.7 Å². The van der Waals surface area contributed by atoms with E-state index in [9.17, 15) is 5.11 Å². The second-order valence-electron chi connectivity index (χ2n) is 6.02. The maximum Gasteiger partial charge on any atom is 0.128 e. The van der Waals surface area contributed by atoms with E-state index in [2.05, 4.69) is 24.0 Å². The predicted molar refractivity (Wildman–Crippen MR) is 87.4 cm³/mol. The average Bonchev–Trinajstić information content (AvgIpc) is 2.55. The minimum atomic E-state index is 0.198. The maximum atomic E-state index is 10.7. The van der Waals surface area contributed by atoms with E-state index in [4.69, 9.17) is 5.73 Å². The summed E-state index contributed by atoms with van der Waals surface area (Å²) in [6.07, 6.45) is 3.64. The molecule has 1 fully saturated rings. The van der Waals surface area contributed by atoms with Crippen molar-refractivity contribution < 1.29 is 5.11 Å². The van der Waals surface area contributed by atoms with E-state index in [0.717, 1.165) is 29.3 Å². The Bertz CT molecular complexity index is 626. The molecule has 3 nitrogen and oxygen atoms in total. The molecule has 2 unspecified atom stereocenters. The fourth-order valence-electron chi connectivity index (χ4n) is 3.57. The number of hydrogen-bond donors (Lipinski definition) is 2. The Morgan fingerprint density at radius 2 is 2.05 bits per heavy atom. The first kappa shape index (κ1) is 14.4. The van der Waals surface area contributed by atoms with Crippen molar-refractivity contribution in [1.29, 1.82) is 0 Å². The fourth-order valence-corrected chi connectivity index (χ4v) is 3.57. The van der Waals surface area contributed by atoms with Gasteiger partial charge >= 0.3 is 0 Å². The van der Waals surface area contributed by atoms with Gasteiger partial charge in [-0.25, -0.2) is 0 Å². The third kappa shape index (κ3) is 2.63. The number of piperidine rings is 1. The Morgan fingerprint density at radius 1 is 1.24 bits per heavy atom. The lowest BCUT2D eigenvalue weighted by atomic mass is 9.95. The van der Waals surface area contributed by atoms with Gasteiger partial charge in [0.05, 0.1) is 0 Å². The van der Waals surface area contributed by atoms with Crippen LogP contribution in [0.3, 0.4) is 0 Å². The SMILES string of the molecule is CC(c1ccc2ccccc2c1O)N1CCCCC1CN. The van der Waals surface area contributed by atoms with E-state index in [1.807, 2.05) is 24.3 Å². The molecular formula is C18H24N2O. The first-order valence-corrected chi connectivity index (χ1v) is 7.89. The molecule has 1 aliphatic heterocycles. The Hall–Kier alpha value is -1.58. The van der Waals surface area contributed by atoms with Gasteiger partial charge in [0.1, 0.15) is 5.75 Å². The van der Waals surface area contributed by atoms with Crippen LogP contribution in [-0.4, -0.2) is 29.1 Å². The summed E-state index contributed by atoms with van der Waals surface area (Å²) in [7, 11) is 0. The van der Waals surface area contributed by atoms with Gasteiger partial charge in [-0.1, -0.05) is 42.8 Å². The number of aromatic hydroxyl groups is 1. The van der Waals surface area contributed by atoms with E-state index in [1.165, 1.54) is 12.8 Å². The van der Waals surface area contributed by atoms with Crippen LogP contribution in [0.1, 0.15) is 37.8 Å². The van der Waals surface area contributed by atoms with Crippen LogP contribution >= 0.6 is 0 Å². The van der Waals surface area contributed by atoms with Crippen LogP contribution in [0.15, 0.2) is 36.4 Å². The van der Waals surface area contributed by atoms with E-state index in [1.54, 1.807) is 0 Å². The van der Waals surface area contributed by atoms with E-state index >= 15 is 0 Å². The molecule has 1 saturated heterocycles. The summed E-state index contributed by atoms with van der Waals surface area (Å²) in [5.41, 5.74) is 6.94. The molecule has 0 saturated carbocycles. The lowest BCUT2D eigenvalue weighted by Gasteiger charge is -2.39. The summed E-state index contributed by atoms with van der Waals surface area (Å²) >= 11 is 0. The molecule has 0 radical (unpaired) electrons. The quantitative estimate of drug-likeness (QED) is 0.908. The van der Waals surface area contributed by atoms with Crippen molar-refractivity contribution >= 4 is 10.8 Å². The minimum absolute atomic E-state index is 0.198. The molecule has 2 atom stereocenters. The van der Waals surface area contributed by atoms with Crippen molar-refractivity contribution in [2.24, 2.45) is 5.73 Å². The zero-order valence-electron chi connectivity index (χ0n) is 12.6. The summed E-state index contributed by atoms with van der Waals surface area (Å²) in [4.78, 5) is 2.45. The second-order valence-corrected chi connectivity index (χ2v) is 6.02. The lowest BCUT2D eigenvalue weighted by molar-refractivity contribution is 0.106. The summed E-state index contributed by atoms with van der Waals surface area (Å²) in [6.45, 7) is 3.94. The van der Waals surface area contributed by atoms with Gasteiger partial charge in [-0.3, -0.25) is 4.90 Å². The van der Waals surface area contributed by atoms with Crippen molar-refractivity contribution in [3.8, 4) is 5.75 Å². The maximum absolute atomic E-state index is 10.7. The smallest absolute Gasteiger partial charge is 0.128 e. The second kappa shape index (κ2) is 6.04. The van der Waals surface area contributed by atoms with Crippen LogP contribution < -0.4 is 5.73 Å². The number of likely N-dealkylation sites (tertiary alicyclic amines) is 1. The Labute approximate surface area is 126 Å². The number of fused-ring (bicyclic) bond motifs is 1. The molecule has 0 aliphatic carbocycles. The van der Waals surface area contributed by atoms with Crippen molar-refractivity contribution in [1.82, 2.24) is 4.90 Å². The van der Waals surface area contributed by atoms with Crippen LogP contribution in [0, 0.1) is 0 Å². The monoisotopic (exact) mass is 284 g/mol. The van der Waals surface area contributed by atoms with Gasteiger partial charge in [-0.2, -0.15) is 0 Å². The number of nitrogens with two attached hydrogens (primary N) is 1. The van der Waals surface area contributed by atoms with Crippen molar-refractivity contribution in [3.63, 3.8) is 0 Å². The van der Waals surface area contributed by atoms with Gasteiger partial charge in [0, 0.05) is 29.6 Å². The molecule has 1 aliphatic rings. The zero-order chi connectivity index (χ0) is 14.8. The number of phenolic OH excluding ortho intramolecular Hbond substituents is 1. The van der Waals surface area contributed by atoms with E-state index in [0.29, 0.717) is 18.3 Å². The summed E-state index contributed by atoms with van der Waals surface area (Å²) in [6, 6.07) is 12.8. The number of nitrogens with zero attached hydrogens (tertiary/aromatic N) is 1. The number of phenols is 1. The molecule has 1 heterocycles. The van der Waals surface area contributed by atoms with Gasteiger partial charge < -0.3 is 10.8 Å². The van der Waals surface area contributed by atoms with Crippen molar-refractivity contribution in [2.75, 3.05) is 13.1 Å². The molecule has 0 aromatic heterocycles. The summed E-state index contributed by atoms with van der Waals surface area (Å²) in [5.74, 6) is 0.418. The van der Waals surface area contributed by atoms with Crippen LogP contribution in [0.25, 0.3) is 10.8 Å². The first-order valence-electron chi connectivity index (χ1n) is 7.89. The predicted octanol–water partition coefficient (Wildman–Crippen LogP) is 3.42. The molecule has 0 amide bonds. The molecule has 2 aromatic carbocycles. The summed E-state index contributed by atoms with van der Waals surface area (Å²) < 4.78 is 0. The largest absolute Gasteiger partial charge is 0.507 e. The van der Waals surface area contributed by atoms with Gasteiger partial charge in [0.2, 0.25) is 0 Å². The highest BCUT2D eigenvalue weighted by molar-refractivity contribution is 5.89. The topological polar surface area (TPSA) is 49.5 Å². The third-order valence-corrected chi connectivity index (χ3v) is 4.82. The van der Waals surface area contributed by atoms with Gasteiger partial charge in [-0.15, -0.1) is 0 Å². The van der Waals surface area contributed by atoms with Gasteiger partial charge in [0.25, 0.3) is 0 Å². The lowest BCUT2D eigenvalue weighted by Crippen LogP contribution is -2.45. The zero-order valence-corrected chi connectivity index (χ0v) is 12.6. The molecule has 112 valence electrons. The highest BCUT2D eigenvalue weighted by Crippen LogP contribution is 2.36. The van der Waals surface area contributed by atoms with Crippen LogP contribution in [0.2, 0.25) is 0 Å². The summed E-state index contributed by atoms with van der Waals surface area (Å²) in [5, 5.41) is 12.7. The number of rotatable bonds is 3. The molecule has 0 spiro atoms. The normalized spacial score (nSPS) is 21.5. The molecule has 2 aromatic rings. The van der Waals surface area contributed by atoms with E-state index < -0.39 is 0 Å². The first-order chi connectivity index (χ1) is 10.2. The number of hydrogen-bond acceptors (Lipinski definition) is 3. The molecule has 21 heavy (non-hydrogen) atoms. The standard InChI is InChI=1S/C18H24N2O/c1-13(20-11-5-4-7-15(20)12-19)16-10-9-14-6-2-3-8-17(14)18(16)21/h2-3,6,8-10,13,15,21H,4-5,7,11-12,19H2,1H3. The highest BCUT2D eigenvalue weighted by atomic mass is 16.3. The minimum Gasteiger partial charge on any atom is -0.507 e. The molecule has 0 bridgehead atoms. The molecule has 3 rings (SSSR count).